The second-order valence-corrected chi connectivity index (χ2v) is 8.20. The Hall–Kier alpha value is -4.33. The van der Waals surface area contributed by atoms with E-state index in [0.717, 1.165) is 28.8 Å². The number of anilines is 1. The van der Waals surface area contributed by atoms with E-state index in [9.17, 15) is 23.4 Å². The summed E-state index contributed by atoms with van der Waals surface area (Å²) in [5.74, 6) is 0.107. The monoisotopic (exact) mass is 475 g/mol. The average Bonchev–Trinajstić information content (AvgIpc) is 2.86. The summed E-state index contributed by atoms with van der Waals surface area (Å²) in [6.07, 6.45) is -1.22. The normalized spacial score (nSPS) is 11.7. The number of fused-ring (bicyclic) bond motifs is 2. The molecule has 0 atom stereocenters. The molecular formula is C27H20F3N3O2. The lowest BCUT2D eigenvalue weighted by Crippen LogP contribution is -2.22. The Labute approximate surface area is 198 Å². The predicted octanol–water partition coefficient (Wildman–Crippen LogP) is 6.42. The number of pyridine rings is 2. The fourth-order valence-corrected chi connectivity index (χ4v) is 4.22. The fourth-order valence-electron chi connectivity index (χ4n) is 4.22. The molecule has 5 aromatic rings. The number of rotatable bonds is 5. The van der Waals surface area contributed by atoms with Crippen molar-refractivity contribution >= 4 is 27.5 Å². The summed E-state index contributed by atoms with van der Waals surface area (Å²) >= 11 is 0. The summed E-state index contributed by atoms with van der Waals surface area (Å²) in [6, 6.07) is 19.0. The van der Waals surface area contributed by atoms with Gasteiger partial charge in [0.2, 0.25) is 0 Å². The molecule has 5 nitrogen and oxygen atoms in total. The zero-order valence-electron chi connectivity index (χ0n) is 18.4. The molecule has 0 aliphatic heterocycles. The van der Waals surface area contributed by atoms with Crippen LogP contribution in [0.3, 0.4) is 0 Å². The Morgan fingerprint density at radius 1 is 0.686 bits per heavy atom. The number of phenolic OH excluding ortho intramolecular Hbond substituents is 2. The van der Waals surface area contributed by atoms with Gasteiger partial charge >= 0.3 is 6.18 Å². The molecule has 0 fully saturated rings. The molecule has 0 amide bonds. The van der Waals surface area contributed by atoms with Gasteiger partial charge in [-0.15, -0.1) is 0 Å². The van der Waals surface area contributed by atoms with Gasteiger partial charge in [-0.25, -0.2) is 0 Å². The Bertz CT molecular complexity index is 1520. The van der Waals surface area contributed by atoms with Crippen molar-refractivity contribution in [3.05, 3.63) is 102 Å². The van der Waals surface area contributed by atoms with Gasteiger partial charge in [-0.2, -0.15) is 13.2 Å². The first-order valence-corrected chi connectivity index (χ1v) is 10.8. The highest BCUT2D eigenvalue weighted by Gasteiger charge is 2.30. The third kappa shape index (κ3) is 4.42. The molecule has 2 N–H and O–H groups in total. The second kappa shape index (κ2) is 8.79. The first-order chi connectivity index (χ1) is 16.8. The molecule has 0 spiro atoms. The highest BCUT2D eigenvalue weighted by Crippen LogP contribution is 2.35. The third-order valence-corrected chi connectivity index (χ3v) is 5.92. The standard InChI is InChI=1S/C27H20F3N3O2/c28-27(29,30)19-8-5-17(6-9-19)15-33(22-10-12-24(35)26-21(22)4-2-14-32-26)16-18-7-11-23(34)25-20(18)3-1-13-31-25/h1-14,34-35H,15-16H2. The van der Waals surface area contributed by atoms with Crippen LogP contribution in [-0.2, 0) is 19.3 Å². The minimum Gasteiger partial charge on any atom is -0.506 e. The average molecular weight is 475 g/mol. The highest BCUT2D eigenvalue weighted by atomic mass is 19.4. The first kappa shape index (κ1) is 22.5. The van der Waals surface area contributed by atoms with Crippen LogP contribution in [0, 0.1) is 0 Å². The molecule has 0 saturated carbocycles. The summed E-state index contributed by atoms with van der Waals surface area (Å²) < 4.78 is 39.2. The van der Waals surface area contributed by atoms with Crippen molar-refractivity contribution in [2.75, 3.05) is 4.90 Å². The van der Waals surface area contributed by atoms with Gasteiger partial charge in [-0.3, -0.25) is 9.97 Å². The summed E-state index contributed by atoms with van der Waals surface area (Å²) in [5, 5.41) is 22.0. The van der Waals surface area contributed by atoms with Gasteiger partial charge < -0.3 is 15.1 Å². The van der Waals surface area contributed by atoms with Gasteiger partial charge in [0, 0.05) is 41.9 Å². The van der Waals surface area contributed by atoms with E-state index in [-0.39, 0.29) is 11.5 Å². The van der Waals surface area contributed by atoms with Crippen LogP contribution in [0.4, 0.5) is 18.9 Å². The third-order valence-electron chi connectivity index (χ3n) is 5.92. The van der Waals surface area contributed by atoms with E-state index in [0.29, 0.717) is 35.1 Å². The minimum atomic E-state index is -4.41. The lowest BCUT2D eigenvalue weighted by molar-refractivity contribution is -0.137. The molecule has 176 valence electrons. The van der Waals surface area contributed by atoms with Crippen LogP contribution in [-0.4, -0.2) is 20.2 Å². The van der Waals surface area contributed by atoms with Crippen LogP contribution in [0.2, 0.25) is 0 Å². The molecule has 5 rings (SSSR count). The van der Waals surface area contributed by atoms with Gasteiger partial charge in [0.15, 0.2) is 0 Å². The lowest BCUT2D eigenvalue weighted by Gasteiger charge is -2.27. The zero-order chi connectivity index (χ0) is 24.6. The molecule has 2 aromatic heterocycles. The van der Waals surface area contributed by atoms with E-state index >= 15 is 0 Å². The SMILES string of the molecule is Oc1ccc(CN(Cc2ccc(C(F)(F)F)cc2)c2ccc(O)c3ncccc23)c2cccnc12. The van der Waals surface area contributed by atoms with Gasteiger partial charge in [0.25, 0.3) is 0 Å². The van der Waals surface area contributed by atoms with Crippen molar-refractivity contribution in [2.45, 2.75) is 19.3 Å². The molecule has 0 unspecified atom stereocenters. The van der Waals surface area contributed by atoms with Crippen LogP contribution in [0.5, 0.6) is 11.5 Å². The van der Waals surface area contributed by atoms with Crippen LogP contribution in [0.15, 0.2) is 85.2 Å². The van der Waals surface area contributed by atoms with Gasteiger partial charge in [0.1, 0.15) is 22.5 Å². The molecular weight excluding hydrogens is 455 g/mol. The number of nitrogens with zero attached hydrogens (tertiary/aromatic N) is 3. The molecule has 0 aliphatic carbocycles. The van der Waals surface area contributed by atoms with Crippen molar-refractivity contribution < 1.29 is 23.4 Å². The van der Waals surface area contributed by atoms with Crippen molar-refractivity contribution in [3.8, 4) is 11.5 Å². The Morgan fingerprint density at radius 2 is 1.29 bits per heavy atom. The Morgan fingerprint density at radius 3 is 1.94 bits per heavy atom. The van der Waals surface area contributed by atoms with E-state index in [1.165, 1.54) is 12.1 Å². The molecule has 2 heterocycles. The van der Waals surface area contributed by atoms with Crippen molar-refractivity contribution in [1.82, 2.24) is 9.97 Å². The van der Waals surface area contributed by atoms with Gasteiger partial charge in [-0.1, -0.05) is 24.3 Å². The van der Waals surface area contributed by atoms with E-state index in [4.69, 9.17) is 0 Å². The lowest BCUT2D eigenvalue weighted by atomic mass is 10.0. The number of hydrogen-bond donors (Lipinski definition) is 2. The van der Waals surface area contributed by atoms with Gasteiger partial charge in [0.05, 0.1) is 5.56 Å². The smallest absolute Gasteiger partial charge is 0.416 e. The van der Waals surface area contributed by atoms with E-state index in [1.54, 1.807) is 48.8 Å². The molecule has 3 aromatic carbocycles. The summed E-state index contributed by atoms with van der Waals surface area (Å²) in [7, 11) is 0. The number of alkyl halides is 3. The Balaban J connectivity index is 1.61. The predicted molar refractivity (Wildman–Crippen MR) is 128 cm³/mol. The van der Waals surface area contributed by atoms with Gasteiger partial charge in [-0.05, 0) is 59.7 Å². The largest absolute Gasteiger partial charge is 0.506 e. The molecule has 0 saturated heterocycles. The zero-order valence-corrected chi connectivity index (χ0v) is 18.4. The molecule has 8 heteroatoms. The van der Waals surface area contributed by atoms with Crippen molar-refractivity contribution in [1.29, 1.82) is 0 Å². The second-order valence-electron chi connectivity index (χ2n) is 8.20. The maximum atomic E-state index is 13.1. The van der Waals surface area contributed by atoms with E-state index in [1.807, 2.05) is 17.0 Å². The number of aromatic nitrogens is 2. The molecule has 0 aliphatic rings. The maximum Gasteiger partial charge on any atom is 0.416 e. The molecule has 0 bridgehead atoms. The molecule has 0 radical (unpaired) electrons. The first-order valence-electron chi connectivity index (χ1n) is 10.8. The summed E-state index contributed by atoms with van der Waals surface area (Å²) in [5.41, 5.74) is 2.52. The van der Waals surface area contributed by atoms with Crippen molar-refractivity contribution in [3.63, 3.8) is 0 Å². The number of phenols is 2. The summed E-state index contributed by atoms with van der Waals surface area (Å²) in [4.78, 5) is 10.6. The van der Waals surface area contributed by atoms with E-state index < -0.39 is 11.7 Å². The van der Waals surface area contributed by atoms with Crippen LogP contribution in [0.1, 0.15) is 16.7 Å². The van der Waals surface area contributed by atoms with Crippen LogP contribution < -0.4 is 4.90 Å². The highest BCUT2D eigenvalue weighted by molar-refractivity contribution is 5.95. The number of benzene rings is 3. The quantitative estimate of drug-likeness (QED) is 0.307. The van der Waals surface area contributed by atoms with E-state index in [2.05, 4.69) is 9.97 Å². The molecule has 35 heavy (non-hydrogen) atoms. The van der Waals surface area contributed by atoms with Crippen LogP contribution in [0.25, 0.3) is 21.8 Å². The maximum absolute atomic E-state index is 13.1. The Kier molecular flexibility index (Phi) is 5.64. The van der Waals surface area contributed by atoms with Crippen molar-refractivity contribution in [2.24, 2.45) is 0 Å². The number of hydrogen-bond acceptors (Lipinski definition) is 5. The minimum absolute atomic E-state index is 0.0399. The topological polar surface area (TPSA) is 69.5 Å². The number of aromatic hydroxyl groups is 2. The fraction of sp³-hybridized carbons (Fsp3) is 0.111. The number of halogens is 3. The van der Waals surface area contributed by atoms with Crippen LogP contribution >= 0.6 is 0 Å². The summed E-state index contributed by atoms with van der Waals surface area (Å²) in [6.45, 7) is 0.674.